The van der Waals surface area contributed by atoms with Crippen molar-refractivity contribution in [3.05, 3.63) is 0 Å². The number of rotatable bonds is 16. The zero-order valence-corrected chi connectivity index (χ0v) is 17.6. The van der Waals surface area contributed by atoms with Crippen LogP contribution in [-0.4, -0.2) is 31.8 Å². The first-order valence-electron chi connectivity index (χ1n) is 8.72. The predicted molar refractivity (Wildman–Crippen MR) is 91.5 cm³/mol. The number of unbranched alkanes of at least 4 members (excludes halogenated alkanes) is 10. The molecule has 0 fully saturated rings. The summed E-state index contributed by atoms with van der Waals surface area (Å²) in [7, 11) is -3.77. The van der Waals surface area contributed by atoms with Gasteiger partial charge >= 0.3 is 29.6 Å². The van der Waals surface area contributed by atoms with Gasteiger partial charge in [-0.25, -0.2) is 0 Å². The van der Waals surface area contributed by atoms with Gasteiger partial charge in [0.25, 0.3) is 10.1 Å². The summed E-state index contributed by atoms with van der Waals surface area (Å²) in [5, 5.41) is 3.32. The molecule has 0 heterocycles. The van der Waals surface area contributed by atoms with Gasteiger partial charge in [0.15, 0.2) is 0 Å². The molecule has 0 aliphatic heterocycles. The summed E-state index contributed by atoms with van der Waals surface area (Å²) in [6.07, 6.45) is 14.8. The molecular weight excluding hydrogens is 309 g/mol. The molecule has 0 amide bonds. The minimum absolute atomic E-state index is 0. The number of nitrogens with one attached hydrogen (secondary N) is 1. The van der Waals surface area contributed by atoms with Gasteiger partial charge < -0.3 is 6.74 Å². The van der Waals surface area contributed by atoms with Crippen LogP contribution in [0.4, 0.5) is 0 Å². The molecule has 0 aromatic heterocycles. The largest absolute Gasteiger partial charge is 1.00 e. The van der Waals surface area contributed by atoms with Crippen LogP contribution in [0.1, 0.15) is 85.4 Å². The van der Waals surface area contributed by atoms with Crippen LogP contribution >= 0.6 is 0 Å². The van der Waals surface area contributed by atoms with Crippen LogP contribution in [0.3, 0.4) is 0 Å². The zero-order chi connectivity index (χ0) is 15.8. The van der Waals surface area contributed by atoms with E-state index in [4.69, 9.17) is 4.55 Å². The molecule has 0 aliphatic carbocycles. The molecule has 0 spiro atoms. The first kappa shape index (κ1) is 25.1. The van der Waals surface area contributed by atoms with Crippen molar-refractivity contribution >= 4 is 10.1 Å². The Bertz CT molecular complexity index is 316. The van der Waals surface area contributed by atoms with Crippen LogP contribution in [0.25, 0.3) is 0 Å². The van der Waals surface area contributed by atoms with Gasteiger partial charge in [-0.05, 0) is 32.4 Å². The third-order valence-corrected chi connectivity index (χ3v) is 4.52. The minimum Gasteiger partial charge on any atom is -1.00 e. The molecule has 0 bridgehead atoms. The predicted octanol–water partition coefficient (Wildman–Crippen LogP) is 1.28. The average molecular weight is 346 g/mol. The second kappa shape index (κ2) is 18.2. The molecule has 22 heavy (non-hydrogen) atoms. The van der Waals surface area contributed by atoms with Gasteiger partial charge in [0.2, 0.25) is 0 Å². The van der Waals surface area contributed by atoms with Crippen molar-refractivity contribution in [1.29, 1.82) is 0 Å². The van der Waals surface area contributed by atoms with Crippen molar-refractivity contribution < 1.29 is 44.0 Å². The smallest absolute Gasteiger partial charge is 1.00 e. The van der Waals surface area contributed by atoms with Crippen molar-refractivity contribution in [2.24, 2.45) is 0 Å². The third kappa shape index (κ3) is 23.1. The van der Waals surface area contributed by atoms with Gasteiger partial charge in [0.1, 0.15) is 0 Å². The molecular formula is C16H36NNaO3S. The maximum Gasteiger partial charge on any atom is 1.00 e. The molecule has 0 rings (SSSR count). The van der Waals surface area contributed by atoms with E-state index in [9.17, 15) is 8.42 Å². The normalized spacial score (nSPS) is 11.4. The van der Waals surface area contributed by atoms with E-state index in [2.05, 4.69) is 12.2 Å². The summed E-state index contributed by atoms with van der Waals surface area (Å²) in [5.74, 6) is -0.118. The van der Waals surface area contributed by atoms with Crippen molar-refractivity contribution in [2.45, 2.75) is 84.0 Å². The quantitative estimate of drug-likeness (QED) is 0.251. The fourth-order valence-electron chi connectivity index (χ4n) is 2.40. The van der Waals surface area contributed by atoms with Crippen molar-refractivity contribution in [3.8, 4) is 0 Å². The standard InChI is InChI=1S/C16H35NO3S.Na.H/c1-2-3-4-5-6-7-8-9-10-11-14-17-15-12-13-16-21(18,19)20;;/h17H,2-16H2,1H3,(H,18,19,20);;/q;+1;-1. The first-order chi connectivity index (χ1) is 10.1. The van der Waals surface area contributed by atoms with Gasteiger partial charge in [0.05, 0.1) is 5.75 Å². The van der Waals surface area contributed by atoms with Gasteiger partial charge in [-0.15, -0.1) is 0 Å². The minimum atomic E-state index is -3.77. The summed E-state index contributed by atoms with van der Waals surface area (Å²) in [4.78, 5) is 0. The number of hydrogen-bond donors (Lipinski definition) is 2. The maximum absolute atomic E-state index is 10.5. The Morgan fingerprint density at radius 1 is 0.773 bits per heavy atom. The average Bonchev–Trinajstić information content (AvgIpc) is 2.42. The van der Waals surface area contributed by atoms with Crippen LogP contribution in [0, 0.1) is 0 Å². The van der Waals surface area contributed by atoms with Crippen LogP contribution in [0.15, 0.2) is 0 Å². The van der Waals surface area contributed by atoms with Gasteiger partial charge in [-0.3, -0.25) is 4.55 Å². The van der Waals surface area contributed by atoms with E-state index >= 15 is 0 Å². The van der Waals surface area contributed by atoms with E-state index in [0.717, 1.165) is 19.5 Å². The third-order valence-electron chi connectivity index (χ3n) is 3.71. The van der Waals surface area contributed by atoms with Gasteiger partial charge in [-0.1, -0.05) is 64.7 Å². The van der Waals surface area contributed by atoms with Crippen LogP contribution in [0.2, 0.25) is 0 Å². The van der Waals surface area contributed by atoms with E-state index in [1.54, 1.807) is 0 Å². The molecule has 6 heteroatoms. The Labute approximate surface area is 161 Å². The molecule has 4 nitrogen and oxygen atoms in total. The second-order valence-corrected chi connectivity index (χ2v) is 7.50. The number of hydrogen-bond acceptors (Lipinski definition) is 3. The molecule has 0 aromatic carbocycles. The van der Waals surface area contributed by atoms with E-state index < -0.39 is 10.1 Å². The molecule has 0 aliphatic rings. The monoisotopic (exact) mass is 345 g/mol. The Morgan fingerprint density at radius 3 is 1.64 bits per heavy atom. The zero-order valence-electron chi connectivity index (χ0n) is 15.8. The molecule has 0 saturated carbocycles. The van der Waals surface area contributed by atoms with Crippen molar-refractivity contribution in [2.75, 3.05) is 18.8 Å². The SMILES string of the molecule is CCCCCCCCCCCCNCCCCS(=O)(=O)O.[H-].[Na+]. The fourth-order valence-corrected chi connectivity index (χ4v) is 2.97. The van der Waals surface area contributed by atoms with Crippen LogP contribution in [-0.2, 0) is 10.1 Å². The Morgan fingerprint density at radius 2 is 1.18 bits per heavy atom. The summed E-state index contributed by atoms with van der Waals surface area (Å²) < 4.78 is 29.6. The van der Waals surface area contributed by atoms with E-state index in [0.29, 0.717) is 6.42 Å². The van der Waals surface area contributed by atoms with Crippen LogP contribution in [0.5, 0.6) is 0 Å². The summed E-state index contributed by atoms with van der Waals surface area (Å²) in [6, 6.07) is 0. The first-order valence-corrected chi connectivity index (χ1v) is 10.3. The topological polar surface area (TPSA) is 66.4 Å². The molecule has 0 atom stereocenters. The Balaban J connectivity index is -0.00000200. The van der Waals surface area contributed by atoms with Gasteiger partial charge in [0, 0.05) is 0 Å². The fraction of sp³-hybridized carbons (Fsp3) is 1.00. The van der Waals surface area contributed by atoms with Crippen molar-refractivity contribution in [3.63, 3.8) is 0 Å². The van der Waals surface area contributed by atoms with E-state index in [1.807, 2.05) is 0 Å². The van der Waals surface area contributed by atoms with E-state index in [1.165, 1.54) is 64.2 Å². The molecule has 0 saturated heterocycles. The van der Waals surface area contributed by atoms with Crippen LogP contribution < -0.4 is 34.9 Å². The molecule has 0 radical (unpaired) electrons. The van der Waals surface area contributed by atoms with E-state index in [-0.39, 0.29) is 36.7 Å². The molecule has 130 valence electrons. The van der Waals surface area contributed by atoms with Gasteiger partial charge in [-0.2, -0.15) is 8.42 Å². The van der Waals surface area contributed by atoms with Crippen molar-refractivity contribution in [1.82, 2.24) is 5.32 Å². The Kier molecular flexibility index (Phi) is 20.8. The summed E-state index contributed by atoms with van der Waals surface area (Å²) in [6.45, 7) is 4.11. The summed E-state index contributed by atoms with van der Waals surface area (Å²) >= 11 is 0. The Hall–Kier alpha value is 0.870. The maximum atomic E-state index is 10.5. The molecule has 0 aromatic rings. The summed E-state index contributed by atoms with van der Waals surface area (Å²) in [5.41, 5.74) is 0. The molecule has 2 N–H and O–H groups in total. The second-order valence-electron chi connectivity index (χ2n) is 5.93. The molecule has 0 unspecified atom stereocenters.